The number of rotatable bonds is 9. The highest BCUT2D eigenvalue weighted by molar-refractivity contribution is 6.30. The van der Waals surface area contributed by atoms with E-state index in [1.165, 1.54) is 18.4 Å². The predicted octanol–water partition coefficient (Wildman–Crippen LogP) is 6.07. The summed E-state index contributed by atoms with van der Waals surface area (Å²) in [5, 5.41) is 3.75. The van der Waals surface area contributed by atoms with Crippen LogP contribution in [0.15, 0.2) is 66.2 Å². The zero-order chi connectivity index (χ0) is 22.9. The van der Waals surface area contributed by atoms with Crippen molar-refractivity contribution >= 4 is 23.4 Å². The summed E-state index contributed by atoms with van der Waals surface area (Å²) >= 11 is 6.04. The maximum Gasteiger partial charge on any atom is 0.247 e. The number of nitrogens with one attached hydrogen (secondary N) is 1. The predicted molar refractivity (Wildman–Crippen MR) is 130 cm³/mol. The maximum absolute atomic E-state index is 13.5. The van der Waals surface area contributed by atoms with Crippen LogP contribution in [0.5, 0.6) is 0 Å². The summed E-state index contributed by atoms with van der Waals surface area (Å²) in [6, 6.07) is 16.3. The van der Waals surface area contributed by atoms with Crippen molar-refractivity contribution in [2.45, 2.75) is 58.5 Å². The molecule has 0 aliphatic heterocycles. The van der Waals surface area contributed by atoms with Crippen LogP contribution in [-0.2, 0) is 16.1 Å². The number of halogens is 1. The van der Waals surface area contributed by atoms with E-state index in [0.29, 0.717) is 18.1 Å². The summed E-state index contributed by atoms with van der Waals surface area (Å²) in [5.74, 6) is -0.428. The number of carbonyl (C=O) groups is 2. The standard InChI is InChI=1S/C27H33ClN2O2/c1-20(2)27(32)30(19-22-13-15-24(28)16-14-22)25(23-11-7-4-8-12-23)26(31)29-18-17-21-9-5-3-6-10-21/h4,7-9,11-16,20,25H,3,5-6,10,17-19H2,1-2H3,(H,29,31). The van der Waals surface area contributed by atoms with Crippen molar-refractivity contribution in [3.63, 3.8) is 0 Å². The Morgan fingerprint density at radius 1 is 1.03 bits per heavy atom. The van der Waals surface area contributed by atoms with E-state index in [9.17, 15) is 9.59 Å². The van der Waals surface area contributed by atoms with Crippen molar-refractivity contribution in [1.29, 1.82) is 0 Å². The fourth-order valence-electron chi connectivity index (χ4n) is 4.10. The van der Waals surface area contributed by atoms with Gasteiger partial charge in [-0.25, -0.2) is 0 Å². The van der Waals surface area contributed by atoms with Crippen molar-refractivity contribution in [2.24, 2.45) is 5.92 Å². The van der Waals surface area contributed by atoms with Crippen LogP contribution in [0.2, 0.25) is 5.02 Å². The summed E-state index contributed by atoms with van der Waals surface area (Å²) in [6.07, 6.45) is 7.90. The number of allylic oxidation sites excluding steroid dienone is 1. The number of carbonyl (C=O) groups excluding carboxylic acids is 2. The Kier molecular flexibility index (Phi) is 8.92. The van der Waals surface area contributed by atoms with Gasteiger partial charge in [-0.2, -0.15) is 0 Å². The Morgan fingerprint density at radius 3 is 2.38 bits per heavy atom. The van der Waals surface area contributed by atoms with Crippen LogP contribution in [-0.4, -0.2) is 23.3 Å². The Bertz CT molecular complexity index is 922. The molecule has 0 bridgehead atoms. The second-order valence-corrected chi connectivity index (χ2v) is 9.15. The lowest BCUT2D eigenvalue weighted by molar-refractivity contribution is -0.144. The molecule has 1 unspecified atom stereocenters. The van der Waals surface area contributed by atoms with Crippen LogP contribution in [0.25, 0.3) is 0 Å². The largest absolute Gasteiger partial charge is 0.354 e. The first-order valence-electron chi connectivity index (χ1n) is 11.5. The third-order valence-electron chi connectivity index (χ3n) is 5.85. The summed E-state index contributed by atoms with van der Waals surface area (Å²) in [6.45, 7) is 4.66. The van der Waals surface area contributed by atoms with E-state index in [4.69, 9.17) is 11.6 Å². The maximum atomic E-state index is 13.5. The molecular weight excluding hydrogens is 420 g/mol. The van der Waals surface area contributed by atoms with Crippen LogP contribution in [0.1, 0.15) is 63.1 Å². The lowest BCUT2D eigenvalue weighted by Crippen LogP contribution is -2.45. The molecule has 0 spiro atoms. The number of amides is 2. The second-order valence-electron chi connectivity index (χ2n) is 8.71. The van der Waals surface area contributed by atoms with Crippen LogP contribution in [0, 0.1) is 5.92 Å². The van der Waals surface area contributed by atoms with Gasteiger partial charge in [0.1, 0.15) is 6.04 Å². The van der Waals surface area contributed by atoms with Gasteiger partial charge in [0.2, 0.25) is 11.8 Å². The van der Waals surface area contributed by atoms with Crippen molar-refractivity contribution < 1.29 is 9.59 Å². The lowest BCUT2D eigenvalue weighted by Gasteiger charge is -2.33. The van der Waals surface area contributed by atoms with E-state index in [-0.39, 0.29) is 17.7 Å². The minimum atomic E-state index is -0.692. The SMILES string of the molecule is CC(C)C(=O)N(Cc1ccc(Cl)cc1)C(C(=O)NCCC1=CCCCC1)c1ccccc1. The van der Waals surface area contributed by atoms with Gasteiger partial charge in [-0.15, -0.1) is 0 Å². The molecule has 2 aromatic rings. The minimum Gasteiger partial charge on any atom is -0.354 e. The fourth-order valence-corrected chi connectivity index (χ4v) is 4.22. The molecule has 0 aromatic heterocycles. The molecule has 0 radical (unpaired) electrons. The van der Waals surface area contributed by atoms with Crippen LogP contribution < -0.4 is 5.32 Å². The van der Waals surface area contributed by atoms with Gasteiger partial charge in [0.15, 0.2) is 0 Å². The molecule has 1 aliphatic rings. The van der Waals surface area contributed by atoms with Gasteiger partial charge in [-0.3, -0.25) is 9.59 Å². The average molecular weight is 453 g/mol. The molecule has 2 aromatic carbocycles. The minimum absolute atomic E-state index is 0.0565. The van der Waals surface area contributed by atoms with Gasteiger partial charge in [-0.05, 0) is 55.4 Å². The quantitative estimate of drug-likeness (QED) is 0.469. The third kappa shape index (κ3) is 6.70. The van der Waals surface area contributed by atoms with Crippen LogP contribution in [0.3, 0.4) is 0 Å². The van der Waals surface area contributed by atoms with Crippen LogP contribution >= 0.6 is 11.6 Å². The lowest BCUT2D eigenvalue weighted by atomic mass is 9.97. The molecule has 2 amide bonds. The molecule has 32 heavy (non-hydrogen) atoms. The summed E-state index contributed by atoms with van der Waals surface area (Å²) in [4.78, 5) is 28.4. The molecule has 3 rings (SSSR count). The van der Waals surface area contributed by atoms with E-state index in [1.54, 1.807) is 4.90 Å². The Hall–Kier alpha value is -2.59. The molecule has 170 valence electrons. The van der Waals surface area contributed by atoms with Gasteiger partial charge in [0.05, 0.1) is 0 Å². The first-order valence-corrected chi connectivity index (χ1v) is 11.9. The van der Waals surface area contributed by atoms with Gasteiger partial charge < -0.3 is 10.2 Å². The Balaban J connectivity index is 1.84. The number of hydrogen-bond donors (Lipinski definition) is 1. The van der Waals surface area contributed by atoms with E-state index >= 15 is 0 Å². The topological polar surface area (TPSA) is 49.4 Å². The zero-order valence-corrected chi connectivity index (χ0v) is 19.8. The molecule has 4 nitrogen and oxygen atoms in total. The fraction of sp³-hybridized carbons (Fsp3) is 0.407. The number of hydrogen-bond acceptors (Lipinski definition) is 2. The van der Waals surface area contributed by atoms with Crippen LogP contribution in [0.4, 0.5) is 0 Å². The molecule has 0 saturated carbocycles. The molecule has 0 fully saturated rings. The molecular formula is C27H33ClN2O2. The molecule has 1 N–H and O–H groups in total. The number of benzene rings is 2. The van der Waals surface area contributed by atoms with Gasteiger partial charge >= 0.3 is 0 Å². The molecule has 5 heteroatoms. The molecule has 1 aliphatic carbocycles. The monoisotopic (exact) mass is 452 g/mol. The molecule has 0 saturated heterocycles. The van der Waals surface area contributed by atoms with Crippen molar-refractivity contribution in [3.8, 4) is 0 Å². The highest BCUT2D eigenvalue weighted by atomic mass is 35.5. The Morgan fingerprint density at radius 2 is 1.75 bits per heavy atom. The second kappa shape index (κ2) is 11.9. The van der Waals surface area contributed by atoms with Gasteiger partial charge in [0, 0.05) is 24.0 Å². The summed E-state index contributed by atoms with van der Waals surface area (Å²) in [5.41, 5.74) is 3.17. The van der Waals surface area contributed by atoms with Crippen molar-refractivity contribution in [1.82, 2.24) is 10.2 Å². The average Bonchev–Trinajstić information content (AvgIpc) is 2.81. The molecule has 0 heterocycles. The van der Waals surface area contributed by atoms with Crippen molar-refractivity contribution in [3.05, 3.63) is 82.4 Å². The highest BCUT2D eigenvalue weighted by Gasteiger charge is 2.32. The third-order valence-corrected chi connectivity index (χ3v) is 6.10. The van der Waals surface area contributed by atoms with E-state index in [2.05, 4.69) is 11.4 Å². The zero-order valence-electron chi connectivity index (χ0n) is 19.0. The normalized spacial score (nSPS) is 14.6. The van der Waals surface area contributed by atoms with Gasteiger partial charge in [0.25, 0.3) is 0 Å². The van der Waals surface area contributed by atoms with Gasteiger partial charge in [-0.1, -0.05) is 79.6 Å². The van der Waals surface area contributed by atoms with E-state index in [0.717, 1.165) is 30.4 Å². The Labute approximate surface area is 196 Å². The summed E-state index contributed by atoms with van der Waals surface area (Å²) < 4.78 is 0. The first-order chi connectivity index (χ1) is 15.5. The van der Waals surface area contributed by atoms with Crippen molar-refractivity contribution in [2.75, 3.05) is 6.54 Å². The smallest absolute Gasteiger partial charge is 0.247 e. The molecule has 1 atom stereocenters. The number of nitrogens with zero attached hydrogens (tertiary/aromatic N) is 1. The first kappa shape index (κ1) is 24.1. The summed E-state index contributed by atoms with van der Waals surface area (Å²) in [7, 11) is 0. The van der Waals surface area contributed by atoms with E-state index < -0.39 is 6.04 Å². The highest BCUT2D eigenvalue weighted by Crippen LogP contribution is 2.26. The van der Waals surface area contributed by atoms with E-state index in [1.807, 2.05) is 68.4 Å².